The van der Waals surface area contributed by atoms with Crippen molar-refractivity contribution < 1.29 is 0 Å². The number of hydrogen-bond donors (Lipinski definition) is 1. The zero-order chi connectivity index (χ0) is 9.31. The Morgan fingerprint density at radius 2 is 2.38 bits per heavy atom. The highest BCUT2D eigenvalue weighted by molar-refractivity contribution is 7.11. The fourth-order valence-electron chi connectivity index (χ4n) is 1.78. The number of thiazole rings is 1. The highest BCUT2D eigenvalue weighted by Crippen LogP contribution is 2.45. The molecule has 2 N–H and O–H groups in total. The Bertz CT molecular complexity index is 289. The highest BCUT2D eigenvalue weighted by atomic mass is 32.1. The maximum absolute atomic E-state index is 5.49. The van der Waals surface area contributed by atoms with Crippen LogP contribution in [0.25, 0.3) is 0 Å². The van der Waals surface area contributed by atoms with Crippen LogP contribution in [0.4, 0.5) is 0 Å². The number of rotatable bonds is 3. The van der Waals surface area contributed by atoms with E-state index in [4.69, 9.17) is 5.73 Å². The third-order valence-corrected chi connectivity index (χ3v) is 4.33. The largest absolute Gasteiger partial charge is 0.330 e. The van der Waals surface area contributed by atoms with Crippen molar-refractivity contribution in [3.05, 3.63) is 16.1 Å². The van der Waals surface area contributed by atoms with Gasteiger partial charge >= 0.3 is 0 Å². The molecule has 1 fully saturated rings. The molecule has 3 heteroatoms. The standard InChI is InChI=1S/C10H16N2S/c1-10(4-2-5-10)8-7-12-9(13-8)3-6-11/h7H,2-6,11H2,1H3. The summed E-state index contributed by atoms with van der Waals surface area (Å²) in [6.07, 6.45) is 7.02. The summed E-state index contributed by atoms with van der Waals surface area (Å²) < 4.78 is 0. The van der Waals surface area contributed by atoms with Gasteiger partial charge < -0.3 is 5.73 Å². The van der Waals surface area contributed by atoms with Crippen molar-refractivity contribution in [3.63, 3.8) is 0 Å². The van der Waals surface area contributed by atoms with E-state index in [0.29, 0.717) is 12.0 Å². The molecule has 1 aromatic heterocycles. The predicted molar refractivity (Wildman–Crippen MR) is 56.1 cm³/mol. The normalized spacial score (nSPS) is 19.8. The van der Waals surface area contributed by atoms with Gasteiger partial charge in [0.25, 0.3) is 0 Å². The first-order chi connectivity index (χ1) is 6.24. The van der Waals surface area contributed by atoms with Crippen LogP contribution in [-0.4, -0.2) is 11.5 Å². The van der Waals surface area contributed by atoms with E-state index in [1.54, 1.807) is 0 Å². The summed E-state index contributed by atoms with van der Waals surface area (Å²) in [4.78, 5) is 5.85. The summed E-state index contributed by atoms with van der Waals surface area (Å²) in [6.45, 7) is 3.06. The van der Waals surface area contributed by atoms with Crippen LogP contribution in [0.15, 0.2) is 6.20 Å². The summed E-state index contributed by atoms with van der Waals surface area (Å²) in [5, 5.41) is 1.20. The Hall–Kier alpha value is -0.410. The molecular weight excluding hydrogens is 180 g/mol. The zero-order valence-corrected chi connectivity index (χ0v) is 8.86. The number of nitrogens with zero attached hydrogens (tertiary/aromatic N) is 1. The van der Waals surface area contributed by atoms with Crippen LogP contribution in [0.2, 0.25) is 0 Å². The van der Waals surface area contributed by atoms with Gasteiger partial charge in [0.05, 0.1) is 5.01 Å². The lowest BCUT2D eigenvalue weighted by Gasteiger charge is -2.37. The van der Waals surface area contributed by atoms with Crippen LogP contribution in [0, 0.1) is 0 Å². The van der Waals surface area contributed by atoms with E-state index < -0.39 is 0 Å². The van der Waals surface area contributed by atoms with E-state index in [9.17, 15) is 0 Å². The average molecular weight is 196 g/mol. The molecule has 0 unspecified atom stereocenters. The van der Waals surface area contributed by atoms with E-state index in [-0.39, 0.29) is 0 Å². The second-order valence-electron chi connectivity index (χ2n) is 4.07. The molecule has 1 aliphatic rings. The molecule has 0 saturated heterocycles. The van der Waals surface area contributed by atoms with Gasteiger partial charge in [-0.05, 0) is 19.4 Å². The second-order valence-corrected chi connectivity index (χ2v) is 5.19. The fourth-order valence-corrected chi connectivity index (χ4v) is 2.92. The number of aromatic nitrogens is 1. The Labute approximate surface area is 83.2 Å². The van der Waals surface area contributed by atoms with Gasteiger partial charge in [-0.2, -0.15) is 0 Å². The van der Waals surface area contributed by atoms with E-state index in [2.05, 4.69) is 18.1 Å². The molecule has 0 aromatic carbocycles. The van der Waals surface area contributed by atoms with E-state index in [1.165, 1.54) is 29.1 Å². The molecule has 1 aromatic rings. The Morgan fingerprint density at radius 1 is 1.62 bits per heavy atom. The maximum Gasteiger partial charge on any atom is 0.0940 e. The predicted octanol–water partition coefficient (Wildman–Crippen LogP) is 2.09. The molecular formula is C10H16N2S. The van der Waals surface area contributed by atoms with Crippen LogP contribution in [0.1, 0.15) is 36.1 Å². The van der Waals surface area contributed by atoms with Crippen molar-refractivity contribution in [1.82, 2.24) is 4.98 Å². The van der Waals surface area contributed by atoms with Crippen molar-refractivity contribution in [2.45, 2.75) is 38.0 Å². The highest BCUT2D eigenvalue weighted by Gasteiger charge is 2.35. The molecule has 1 aliphatic carbocycles. The summed E-state index contributed by atoms with van der Waals surface area (Å²) in [5.74, 6) is 0. The van der Waals surface area contributed by atoms with Crippen LogP contribution >= 0.6 is 11.3 Å². The van der Waals surface area contributed by atoms with Gasteiger partial charge in [-0.15, -0.1) is 11.3 Å². The Kier molecular flexibility index (Phi) is 2.39. The third-order valence-electron chi connectivity index (χ3n) is 2.96. The second kappa shape index (κ2) is 3.39. The minimum absolute atomic E-state index is 0.449. The van der Waals surface area contributed by atoms with Crippen molar-refractivity contribution in [2.75, 3.05) is 6.54 Å². The first-order valence-corrected chi connectivity index (χ1v) is 5.71. The Balaban J connectivity index is 2.12. The number of nitrogens with two attached hydrogens (primary N) is 1. The van der Waals surface area contributed by atoms with E-state index >= 15 is 0 Å². The molecule has 1 saturated carbocycles. The topological polar surface area (TPSA) is 38.9 Å². The maximum atomic E-state index is 5.49. The first kappa shape index (κ1) is 9.16. The molecule has 2 nitrogen and oxygen atoms in total. The molecule has 0 amide bonds. The van der Waals surface area contributed by atoms with Gasteiger partial charge in [0.2, 0.25) is 0 Å². The molecule has 0 radical (unpaired) electrons. The van der Waals surface area contributed by atoms with Crippen LogP contribution < -0.4 is 5.73 Å². The van der Waals surface area contributed by atoms with Crippen LogP contribution in [-0.2, 0) is 11.8 Å². The van der Waals surface area contributed by atoms with Gasteiger partial charge in [-0.1, -0.05) is 13.3 Å². The van der Waals surface area contributed by atoms with E-state index in [0.717, 1.165) is 6.42 Å². The molecule has 2 rings (SSSR count). The molecule has 72 valence electrons. The lowest BCUT2D eigenvalue weighted by Crippen LogP contribution is -2.29. The molecule has 0 spiro atoms. The molecule has 0 aliphatic heterocycles. The van der Waals surface area contributed by atoms with Crippen molar-refractivity contribution in [1.29, 1.82) is 0 Å². The average Bonchev–Trinajstić information content (AvgIpc) is 2.50. The summed E-state index contributed by atoms with van der Waals surface area (Å²) in [5.41, 5.74) is 5.94. The van der Waals surface area contributed by atoms with E-state index in [1.807, 2.05) is 11.3 Å². The number of hydrogen-bond acceptors (Lipinski definition) is 3. The lowest BCUT2D eigenvalue weighted by atomic mass is 9.70. The van der Waals surface area contributed by atoms with Crippen molar-refractivity contribution in [2.24, 2.45) is 5.73 Å². The van der Waals surface area contributed by atoms with Gasteiger partial charge in [-0.25, -0.2) is 4.98 Å². The smallest absolute Gasteiger partial charge is 0.0940 e. The quantitative estimate of drug-likeness (QED) is 0.804. The Morgan fingerprint density at radius 3 is 2.92 bits per heavy atom. The summed E-state index contributed by atoms with van der Waals surface area (Å²) in [6, 6.07) is 0. The minimum atomic E-state index is 0.449. The molecule has 0 bridgehead atoms. The third kappa shape index (κ3) is 1.63. The summed E-state index contributed by atoms with van der Waals surface area (Å²) in [7, 11) is 0. The van der Waals surface area contributed by atoms with Crippen molar-refractivity contribution >= 4 is 11.3 Å². The van der Waals surface area contributed by atoms with Gasteiger partial charge in [0.15, 0.2) is 0 Å². The SMILES string of the molecule is CC1(c2cnc(CCN)s2)CCC1. The monoisotopic (exact) mass is 196 g/mol. The van der Waals surface area contributed by atoms with Gasteiger partial charge in [0, 0.05) is 22.9 Å². The van der Waals surface area contributed by atoms with Crippen molar-refractivity contribution in [3.8, 4) is 0 Å². The van der Waals surface area contributed by atoms with Crippen LogP contribution in [0.5, 0.6) is 0 Å². The first-order valence-electron chi connectivity index (χ1n) is 4.90. The minimum Gasteiger partial charge on any atom is -0.330 e. The molecule has 1 heterocycles. The van der Waals surface area contributed by atoms with Gasteiger partial charge in [-0.3, -0.25) is 0 Å². The fraction of sp³-hybridized carbons (Fsp3) is 0.700. The summed E-state index contributed by atoms with van der Waals surface area (Å²) >= 11 is 1.85. The van der Waals surface area contributed by atoms with Crippen LogP contribution in [0.3, 0.4) is 0 Å². The lowest BCUT2D eigenvalue weighted by molar-refractivity contribution is 0.277. The zero-order valence-electron chi connectivity index (χ0n) is 8.05. The molecule has 13 heavy (non-hydrogen) atoms. The molecule has 0 atom stereocenters. The van der Waals surface area contributed by atoms with Gasteiger partial charge in [0.1, 0.15) is 0 Å².